The molecule has 0 unspecified atom stereocenters. The molecule has 0 fully saturated rings. The number of hydrogen-bond donors (Lipinski definition) is 2. The Morgan fingerprint density at radius 1 is 1.44 bits per heavy atom. The Morgan fingerprint density at radius 3 is 2.44 bits per heavy atom. The van der Waals surface area contributed by atoms with Crippen LogP contribution >= 0.6 is 0 Å². The molecule has 0 saturated carbocycles. The molecule has 86 valence electrons. The quantitative estimate of drug-likeness (QED) is 0.597. The SMILES string of the molecule is CC.[B]c1[nH]c(C)nc1C(/C=C\C)=C/NC. The van der Waals surface area contributed by atoms with Gasteiger partial charge in [0.25, 0.3) is 0 Å². The number of aromatic nitrogens is 2. The summed E-state index contributed by atoms with van der Waals surface area (Å²) >= 11 is 0. The molecule has 0 amide bonds. The standard InChI is InChI=1S/C10H14BN3.C2H6/c1-4-5-8(6-12-3)9-10(11)14-7(2)13-9;1-2/h4-6,12H,1-3H3,(H,13,14);1-2H3/b5-4-,8-6+;. The van der Waals surface area contributed by atoms with Crippen LogP contribution in [-0.4, -0.2) is 24.9 Å². The van der Waals surface area contributed by atoms with Gasteiger partial charge in [-0.1, -0.05) is 26.0 Å². The summed E-state index contributed by atoms with van der Waals surface area (Å²) in [6.07, 6.45) is 5.78. The van der Waals surface area contributed by atoms with Crippen LogP contribution in [0.4, 0.5) is 0 Å². The van der Waals surface area contributed by atoms with Gasteiger partial charge in [0.05, 0.1) is 5.69 Å². The molecule has 2 N–H and O–H groups in total. The molecule has 0 atom stereocenters. The van der Waals surface area contributed by atoms with Crippen molar-refractivity contribution in [3.8, 4) is 0 Å². The maximum Gasteiger partial charge on any atom is 0.141 e. The number of aromatic amines is 1. The summed E-state index contributed by atoms with van der Waals surface area (Å²) in [6, 6.07) is 0. The zero-order chi connectivity index (χ0) is 12.6. The molecular weight excluding hydrogens is 197 g/mol. The highest BCUT2D eigenvalue weighted by molar-refractivity contribution is 6.33. The van der Waals surface area contributed by atoms with Gasteiger partial charge in [-0.25, -0.2) is 4.98 Å². The molecule has 0 bridgehead atoms. The zero-order valence-electron chi connectivity index (χ0n) is 10.8. The van der Waals surface area contributed by atoms with Crippen LogP contribution < -0.4 is 10.9 Å². The summed E-state index contributed by atoms with van der Waals surface area (Å²) in [7, 11) is 7.63. The Kier molecular flexibility index (Phi) is 7.09. The average Bonchev–Trinajstić information content (AvgIpc) is 2.60. The fraction of sp³-hybridized carbons (Fsp3) is 0.417. The number of aryl methyl sites for hydroxylation is 1. The third kappa shape index (κ3) is 3.97. The van der Waals surface area contributed by atoms with Gasteiger partial charge in [0, 0.05) is 18.8 Å². The largest absolute Gasteiger partial charge is 0.393 e. The van der Waals surface area contributed by atoms with Crippen LogP contribution in [-0.2, 0) is 0 Å². The van der Waals surface area contributed by atoms with E-state index >= 15 is 0 Å². The monoisotopic (exact) mass is 217 g/mol. The first kappa shape index (κ1) is 14.6. The molecule has 0 aliphatic rings. The molecule has 0 aromatic carbocycles. The van der Waals surface area contributed by atoms with E-state index in [1.165, 1.54) is 0 Å². The van der Waals surface area contributed by atoms with Crippen molar-refractivity contribution in [2.75, 3.05) is 7.05 Å². The summed E-state index contributed by atoms with van der Waals surface area (Å²) in [5.74, 6) is 0.823. The number of nitrogens with zero attached hydrogens (tertiary/aromatic N) is 1. The van der Waals surface area contributed by atoms with E-state index < -0.39 is 0 Å². The van der Waals surface area contributed by atoms with Gasteiger partial charge in [-0.3, -0.25) is 0 Å². The van der Waals surface area contributed by atoms with E-state index in [0.717, 1.165) is 17.1 Å². The Labute approximate surface area is 99.5 Å². The number of imidazole rings is 1. The maximum atomic E-state index is 5.78. The zero-order valence-corrected chi connectivity index (χ0v) is 10.8. The van der Waals surface area contributed by atoms with Crippen molar-refractivity contribution in [2.45, 2.75) is 27.7 Å². The van der Waals surface area contributed by atoms with Crippen LogP contribution in [0.2, 0.25) is 0 Å². The topological polar surface area (TPSA) is 40.7 Å². The van der Waals surface area contributed by atoms with Gasteiger partial charge in [-0.15, -0.1) is 0 Å². The molecule has 0 spiro atoms. The average molecular weight is 217 g/mol. The Hall–Kier alpha value is -1.45. The van der Waals surface area contributed by atoms with Crippen molar-refractivity contribution in [1.29, 1.82) is 0 Å². The van der Waals surface area contributed by atoms with Gasteiger partial charge in [-0.05, 0) is 19.4 Å². The van der Waals surface area contributed by atoms with Crippen molar-refractivity contribution >= 4 is 19.0 Å². The van der Waals surface area contributed by atoms with Gasteiger partial charge < -0.3 is 10.3 Å². The van der Waals surface area contributed by atoms with Crippen LogP contribution in [0, 0.1) is 6.92 Å². The fourth-order valence-corrected chi connectivity index (χ4v) is 1.26. The summed E-state index contributed by atoms with van der Waals surface area (Å²) in [4.78, 5) is 7.28. The highest BCUT2D eigenvalue weighted by Crippen LogP contribution is 2.10. The molecule has 0 saturated heterocycles. The van der Waals surface area contributed by atoms with E-state index in [-0.39, 0.29) is 0 Å². The van der Waals surface area contributed by atoms with Crippen LogP contribution in [0.15, 0.2) is 18.4 Å². The highest BCUT2D eigenvalue weighted by atomic mass is 14.9. The van der Waals surface area contributed by atoms with Crippen molar-refractivity contribution in [2.24, 2.45) is 0 Å². The van der Waals surface area contributed by atoms with Gasteiger partial charge in [-0.2, -0.15) is 0 Å². The lowest BCUT2D eigenvalue weighted by molar-refractivity contribution is 1.10. The molecule has 1 aromatic rings. The van der Waals surface area contributed by atoms with Crippen molar-refractivity contribution < 1.29 is 0 Å². The number of hydrogen-bond acceptors (Lipinski definition) is 2. The lowest BCUT2D eigenvalue weighted by Crippen LogP contribution is -2.10. The second-order valence-corrected chi connectivity index (χ2v) is 2.97. The fourth-order valence-electron chi connectivity index (χ4n) is 1.26. The first-order valence-electron chi connectivity index (χ1n) is 5.51. The number of allylic oxidation sites excluding steroid dienone is 3. The summed E-state index contributed by atoms with van der Waals surface area (Å²) in [5.41, 5.74) is 2.36. The molecule has 16 heavy (non-hydrogen) atoms. The molecule has 3 nitrogen and oxygen atoms in total. The summed E-state index contributed by atoms with van der Waals surface area (Å²) in [6.45, 7) is 7.84. The van der Waals surface area contributed by atoms with E-state index in [9.17, 15) is 0 Å². The molecule has 1 aromatic heterocycles. The van der Waals surface area contributed by atoms with E-state index in [1.54, 1.807) is 0 Å². The Bertz CT molecular complexity index is 364. The summed E-state index contributed by atoms with van der Waals surface area (Å²) in [5, 5.41) is 2.96. The molecule has 4 heteroatoms. The van der Waals surface area contributed by atoms with E-state index in [0.29, 0.717) is 5.59 Å². The molecular formula is C12H20BN3. The molecule has 0 aliphatic carbocycles. The van der Waals surface area contributed by atoms with Gasteiger partial charge in [0.1, 0.15) is 13.7 Å². The second-order valence-electron chi connectivity index (χ2n) is 2.97. The first-order chi connectivity index (χ1) is 7.69. The van der Waals surface area contributed by atoms with Gasteiger partial charge in [0.2, 0.25) is 0 Å². The Balaban J connectivity index is 0.00000106. The molecule has 1 rings (SSSR count). The van der Waals surface area contributed by atoms with Gasteiger partial charge >= 0.3 is 0 Å². The smallest absolute Gasteiger partial charge is 0.141 e. The number of rotatable bonds is 3. The lowest BCUT2D eigenvalue weighted by Gasteiger charge is -1.99. The van der Waals surface area contributed by atoms with Crippen LogP contribution in [0.25, 0.3) is 5.57 Å². The maximum absolute atomic E-state index is 5.78. The Morgan fingerprint density at radius 2 is 2.06 bits per heavy atom. The number of nitrogens with one attached hydrogen (secondary N) is 2. The van der Waals surface area contributed by atoms with E-state index in [2.05, 4.69) is 15.3 Å². The van der Waals surface area contributed by atoms with Crippen LogP contribution in [0.1, 0.15) is 32.3 Å². The van der Waals surface area contributed by atoms with Crippen molar-refractivity contribution in [1.82, 2.24) is 15.3 Å². The predicted molar refractivity (Wildman–Crippen MR) is 71.9 cm³/mol. The third-order valence-electron chi connectivity index (χ3n) is 1.77. The van der Waals surface area contributed by atoms with Crippen LogP contribution in [0.3, 0.4) is 0 Å². The molecule has 0 aliphatic heterocycles. The minimum Gasteiger partial charge on any atom is -0.393 e. The second kappa shape index (κ2) is 7.80. The minimum absolute atomic E-state index is 0.599. The lowest BCUT2D eigenvalue weighted by atomic mass is 9.98. The normalized spacial score (nSPS) is 11.2. The van der Waals surface area contributed by atoms with E-state index in [4.69, 9.17) is 7.85 Å². The molecule has 1 heterocycles. The first-order valence-corrected chi connectivity index (χ1v) is 5.51. The minimum atomic E-state index is 0.599. The van der Waals surface area contributed by atoms with Crippen molar-refractivity contribution in [3.63, 3.8) is 0 Å². The third-order valence-corrected chi connectivity index (χ3v) is 1.77. The van der Waals surface area contributed by atoms with Crippen LogP contribution in [0.5, 0.6) is 0 Å². The number of H-pyrrole nitrogens is 1. The van der Waals surface area contributed by atoms with Crippen molar-refractivity contribution in [3.05, 3.63) is 29.9 Å². The van der Waals surface area contributed by atoms with Gasteiger partial charge in [0.15, 0.2) is 0 Å². The molecule has 2 radical (unpaired) electrons. The van der Waals surface area contributed by atoms with E-state index in [1.807, 2.05) is 53.1 Å². The highest BCUT2D eigenvalue weighted by Gasteiger charge is 2.05. The summed E-state index contributed by atoms with van der Waals surface area (Å²) < 4.78 is 0. The predicted octanol–water partition coefficient (Wildman–Crippen LogP) is 1.67.